The largest absolute Gasteiger partial charge is 0.466 e. The zero-order chi connectivity index (χ0) is 19.8. The number of rotatable bonds is 15. The predicted molar refractivity (Wildman–Crippen MR) is 96.3 cm³/mol. The maximum absolute atomic E-state index is 12.3. The fourth-order valence-electron chi connectivity index (χ4n) is 2.14. The van der Waals surface area contributed by atoms with Crippen molar-refractivity contribution in [2.45, 2.75) is 65.7 Å². The van der Waals surface area contributed by atoms with E-state index in [1.54, 1.807) is 6.92 Å². The molecule has 0 aliphatic rings. The van der Waals surface area contributed by atoms with Crippen LogP contribution in [0.3, 0.4) is 0 Å². The van der Waals surface area contributed by atoms with E-state index in [0.29, 0.717) is 19.4 Å². The van der Waals surface area contributed by atoms with Gasteiger partial charge in [0, 0.05) is 6.61 Å². The van der Waals surface area contributed by atoms with Crippen LogP contribution in [-0.2, 0) is 28.6 Å². The molecule has 0 spiro atoms. The van der Waals surface area contributed by atoms with Crippen molar-refractivity contribution < 1.29 is 33.7 Å². The number of hydrogen-bond acceptors (Lipinski definition) is 7. The molecule has 7 nitrogen and oxygen atoms in total. The molecule has 0 bridgehead atoms. The molecule has 0 saturated carbocycles. The average Bonchev–Trinajstić information content (AvgIpc) is 2.62. The van der Waals surface area contributed by atoms with Crippen molar-refractivity contribution in [3.8, 4) is 0 Å². The molecule has 2 unspecified atom stereocenters. The number of carbonyl (C=O) groups excluding carboxylic acids is 3. The summed E-state index contributed by atoms with van der Waals surface area (Å²) in [7, 11) is 0. The van der Waals surface area contributed by atoms with Gasteiger partial charge in [-0.3, -0.25) is 14.4 Å². The number of esters is 3. The second-order valence-corrected chi connectivity index (χ2v) is 6.29. The van der Waals surface area contributed by atoms with Crippen molar-refractivity contribution in [2.24, 2.45) is 11.8 Å². The monoisotopic (exact) mass is 374 g/mol. The molecule has 0 saturated heterocycles. The maximum atomic E-state index is 12.3. The van der Waals surface area contributed by atoms with Crippen LogP contribution in [0.15, 0.2) is 0 Å². The molecule has 0 aromatic carbocycles. The molecule has 26 heavy (non-hydrogen) atoms. The van der Waals surface area contributed by atoms with Crippen LogP contribution in [0, 0.1) is 11.8 Å². The molecule has 0 radical (unpaired) electrons. The maximum Gasteiger partial charge on any atom is 0.310 e. The number of aliphatic hydroxyl groups excluding tert-OH is 1. The van der Waals surface area contributed by atoms with E-state index in [1.165, 1.54) is 0 Å². The SMILES string of the molecule is CCCCOC(=O)CC(C(=O)OCCCC)C(C)C(=O)OCCCCO. The summed E-state index contributed by atoms with van der Waals surface area (Å²) in [6.45, 7) is 6.27. The number of ether oxygens (including phenoxy) is 3. The Morgan fingerprint density at radius 1 is 0.808 bits per heavy atom. The summed E-state index contributed by atoms with van der Waals surface area (Å²) in [5.74, 6) is -3.38. The van der Waals surface area contributed by atoms with Crippen molar-refractivity contribution in [2.75, 3.05) is 26.4 Å². The van der Waals surface area contributed by atoms with E-state index in [0.717, 1.165) is 25.7 Å². The van der Waals surface area contributed by atoms with Crippen LogP contribution in [0.4, 0.5) is 0 Å². The summed E-state index contributed by atoms with van der Waals surface area (Å²) >= 11 is 0. The Labute approximate surface area is 156 Å². The smallest absolute Gasteiger partial charge is 0.310 e. The van der Waals surface area contributed by atoms with Gasteiger partial charge in [0.15, 0.2) is 0 Å². The molecule has 0 rings (SSSR count). The van der Waals surface area contributed by atoms with Crippen molar-refractivity contribution in [1.82, 2.24) is 0 Å². The van der Waals surface area contributed by atoms with Gasteiger partial charge < -0.3 is 19.3 Å². The molecule has 152 valence electrons. The minimum absolute atomic E-state index is 0.0308. The lowest BCUT2D eigenvalue weighted by molar-refractivity contribution is -0.164. The van der Waals surface area contributed by atoms with E-state index in [9.17, 15) is 14.4 Å². The second kappa shape index (κ2) is 15.6. The molecule has 0 fully saturated rings. The topological polar surface area (TPSA) is 99.1 Å². The van der Waals surface area contributed by atoms with E-state index in [1.807, 2.05) is 13.8 Å². The molecule has 1 N–H and O–H groups in total. The number of carbonyl (C=O) groups is 3. The van der Waals surface area contributed by atoms with E-state index in [-0.39, 0.29) is 26.2 Å². The van der Waals surface area contributed by atoms with Gasteiger partial charge in [0.1, 0.15) is 0 Å². The molecule has 0 amide bonds. The summed E-state index contributed by atoms with van der Waals surface area (Å²) < 4.78 is 15.4. The van der Waals surface area contributed by atoms with Crippen molar-refractivity contribution in [1.29, 1.82) is 0 Å². The van der Waals surface area contributed by atoms with Crippen LogP contribution in [0.2, 0.25) is 0 Å². The van der Waals surface area contributed by atoms with Crippen LogP contribution in [0.1, 0.15) is 65.7 Å². The lowest BCUT2D eigenvalue weighted by Crippen LogP contribution is -2.33. The summed E-state index contributed by atoms with van der Waals surface area (Å²) in [5.41, 5.74) is 0. The number of aliphatic hydroxyl groups is 1. The van der Waals surface area contributed by atoms with Crippen LogP contribution >= 0.6 is 0 Å². The van der Waals surface area contributed by atoms with Gasteiger partial charge in [0.2, 0.25) is 0 Å². The Hall–Kier alpha value is -1.63. The highest BCUT2D eigenvalue weighted by molar-refractivity contribution is 5.85. The first kappa shape index (κ1) is 24.4. The van der Waals surface area contributed by atoms with Gasteiger partial charge >= 0.3 is 17.9 Å². The van der Waals surface area contributed by atoms with Crippen molar-refractivity contribution in [3.63, 3.8) is 0 Å². The van der Waals surface area contributed by atoms with Crippen LogP contribution in [0.25, 0.3) is 0 Å². The standard InChI is InChI=1S/C19H34O7/c1-4-6-11-24-17(21)14-16(19(23)26-12-7-5-2)15(3)18(22)25-13-9-8-10-20/h15-16,20H,4-14H2,1-3H3. The molecule has 7 heteroatoms. The Kier molecular flexibility index (Phi) is 14.6. The van der Waals surface area contributed by atoms with Gasteiger partial charge in [0.05, 0.1) is 38.1 Å². The van der Waals surface area contributed by atoms with Crippen molar-refractivity contribution >= 4 is 17.9 Å². The second-order valence-electron chi connectivity index (χ2n) is 6.29. The number of unbranched alkanes of at least 4 members (excludes halogenated alkanes) is 3. The predicted octanol–water partition coefficient (Wildman–Crippen LogP) is 2.63. The van der Waals surface area contributed by atoms with Gasteiger partial charge in [0.25, 0.3) is 0 Å². The zero-order valence-corrected chi connectivity index (χ0v) is 16.3. The zero-order valence-electron chi connectivity index (χ0n) is 16.3. The van der Waals surface area contributed by atoms with Crippen LogP contribution in [0.5, 0.6) is 0 Å². The molecule has 0 aromatic heterocycles. The summed E-state index contributed by atoms with van der Waals surface area (Å²) in [6.07, 6.45) is 4.11. The fraction of sp³-hybridized carbons (Fsp3) is 0.842. The lowest BCUT2D eigenvalue weighted by atomic mass is 9.91. The van der Waals surface area contributed by atoms with Gasteiger partial charge in [-0.1, -0.05) is 33.6 Å². The van der Waals surface area contributed by atoms with E-state index >= 15 is 0 Å². The molecule has 0 heterocycles. The first-order valence-corrected chi connectivity index (χ1v) is 9.57. The highest BCUT2D eigenvalue weighted by Crippen LogP contribution is 2.21. The van der Waals surface area contributed by atoms with E-state index in [2.05, 4.69) is 0 Å². The van der Waals surface area contributed by atoms with Crippen LogP contribution < -0.4 is 0 Å². The summed E-state index contributed by atoms with van der Waals surface area (Å²) in [6, 6.07) is 0. The molecule has 0 aliphatic carbocycles. The molecule has 2 atom stereocenters. The quantitative estimate of drug-likeness (QED) is 0.267. The Morgan fingerprint density at radius 3 is 1.92 bits per heavy atom. The van der Waals surface area contributed by atoms with Crippen molar-refractivity contribution in [3.05, 3.63) is 0 Å². The third-order valence-corrected chi connectivity index (χ3v) is 3.96. The summed E-state index contributed by atoms with van der Waals surface area (Å²) in [5, 5.41) is 8.74. The van der Waals surface area contributed by atoms with Gasteiger partial charge in [-0.15, -0.1) is 0 Å². The molecular weight excluding hydrogens is 340 g/mol. The summed E-state index contributed by atoms with van der Waals surface area (Å²) in [4.78, 5) is 36.5. The minimum Gasteiger partial charge on any atom is -0.466 e. The highest BCUT2D eigenvalue weighted by atomic mass is 16.5. The third kappa shape index (κ3) is 11.1. The van der Waals surface area contributed by atoms with Crippen LogP contribution in [-0.4, -0.2) is 49.4 Å². The first-order valence-electron chi connectivity index (χ1n) is 9.57. The average molecular weight is 374 g/mol. The highest BCUT2D eigenvalue weighted by Gasteiger charge is 2.35. The lowest BCUT2D eigenvalue weighted by Gasteiger charge is -2.21. The number of hydrogen-bond donors (Lipinski definition) is 1. The Bertz CT molecular complexity index is 409. The molecule has 0 aliphatic heterocycles. The molecule has 0 aromatic rings. The normalized spacial score (nSPS) is 12.9. The fourth-order valence-corrected chi connectivity index (χ4v) is 2.14. The third-order valence-electron chi connectivity index (χ3n) is 3.96. The Morgan fingerprint density at radius 2 is 1.35 bits per heavy atom. The minimum atomic E-state index is -0.925. The molecular formula is C19H34O7. The Balaban J connectivity index is 4.74. The van der Waals surface area contributed by atoms with Gasteiger partial charge in [-0.25, -0.2) is 0 Å². The van der Waals surface area contributed by atoms with Gasteiger partial charge in [-0.2, -0.15) is 0 Å². The van der Waals surface area contributed by atoms with Gasteiger partial charge in [-0.05, 0) is 25.7 Å². The first-order chi connectivity index (χ1) is 12.5. The van der Waals surface area contributed by atoms with E-state index in [4.69, 9.17) is 19.3 Å². The van der Waals surface area contributed by atoms with E-state index < -0.39 is 29.7 Å².